The van der Waals surface area contributed by atoms with E-state index in [-0.39, 0.29) is 30.8 Å². The monoisotopic (exact) mass is 1750 g/mol. The quantitative estimate of drug-likeness (QED) is 0.144. The second kappa shape index (κ2) is 33.6. The average Bonchev–Trinajstić information content (AvgIpc) is 1.58. The summed E-state index contributed by atoms with van der Waals surface area (Å²) >= 11 is 0. The van der Waals surface area contributed by atoms with Gasteiger partial charge in [-0.3, -0.25) is 0 Å². The summed E-state index contributed by atoms with van der Waals surface area (Å²) in [6, 6.07) is 103. The number of furan rings is 5. The molecule has 0 fully saturated rings. The van der Waals surface area contributed by atoms with E-state index in [4.69, 9.17) is 22.1 Å². The van der Waals surface area contributed by atoms with Gasteiger partial charge in [0.1, 0.15) is 58.7 Å². The highest BCUT2D eigenvalue weighted by Crippen LogP contribution is 2.54. The molecule has 5 aliphatic rings. The van der Waals surface area contributed by atoms with Crippen molar-refractivity contribution in [2.75, 3.05) is 63.1 Å². The highest BCUT2D eigenvalue weighted by Gasteiger charge is 2.40. The summed E-state index contributed by atoms with van der Waals surface area (Å²) in [6.45, 7) is 35.2. The first kappa shape index (κ1) is 84.6. The summed E-state index contributed by atoms with van der Waals surface area (Å²) in [6.07, 6.45) is 9.70. The molecule has 20 aromatic rings. The lowest BCUT2D eigenvalue weighted by Crippen LogP contribution is -2.42. The lowest BCUT2D eigenvalue weighted by atomic mass is 10.1. The maximum Gasteiger partial charge on any atom is 0.159 e. The van der Waals surface area contributed by atoms with Crippen LogP contribution in [0.1, 0.15) is 98.5 Å². The Balaban J connectivity index is 0.000000100. The van der Waals surface area contributed by atoms with E-state index in [0.29, 0.717) is 6.04 Å². The average molecular weight is 1750 g/mol. The van der Waals surface area contributed by atoms with Crippen molar-refractivity contribution < 1.29 is 22.1 Å². The highest BCUT2D eigenvalue weighted by molar-refractivity contribution is 6.15. The number of fused-ring (bicyclic) bond motifs is 18. The fourth-order valence-corrected chi connectivity index (χ4v) is 21.5. The molecule has 0 N–H and O–H groups in total. The standard InChI is InChI=1S/2C25H24N2O.C24H24N2O.2C22H20N2O/c1-16-8-7-9-17(2)23(16)26-14-15-27(19(26)4)24-18(3)12-13-21-20-10-5-6-11-22(20)28-25(21)24;1-16-13-17(2)15-20(14-16)26-11-12-27(19(26)4)24-18(3)9-10-22-21-7-5-6-8-23(21)28-25(22)24;1-15(2)25-17(4)26(21-11-7-6-10-20(21)25)23-16(3)13-14-19-18-9-5-8-12-22(18)27-24(19)23;2*1-14-12-13-17-16-8-4-7-11-20(16)25-22(17)21(14)24-15(2)23(3)18-9-5-6-10-19(18)24/h2*5-15,19H,1-4H3;5-15,17H,1-4H3;2*4-13,15H,1-3H3/t2*19-;17-;2*15-/m11111/s1. The van der Waals surface area contributed by atoms with Crippen molar-refractivity contribution in [3.8, 4) is 0 Å². The van der Waals surface area contributed by atoms with Gasteiger partial charge in [-0.1, -0.05) is 212 Å². The lowest BCUT2D eigenvalue weighted by molar-refractivity contribution is 0.603. The number of para-hydroxylation sites is 12. The third kappa shape index (κ3) is 14.1. The Morgan fingerprint density at radius 1 is 0.226 bits per heavy atom. The number of hydrogen-bond donors (Lipinski definition) is 0. The third-order valence-electron chi connectivity index (χ3n) is 28.1. The lowest BCUT2D eigenvalue weighted by Gasteiger charge is -2.33. The zero-order valence-corrected chi connectivity index (χ0v) is 79.0. The Hall–Kier alpha value is -15.2. The Morgan fingerprint density at radius 2 is 0.481 bits per heavy atom. The minimum Gasteiger partial charge on any atom is -0.454 e. The van der Waals surface area contributed by atoms with Crippen molar-refractivity contribution in [1.82, 2.24) is 0 Å². The molecule has 5 aromatic heterocycles. The smallest absolute Gasteiger partial charge is 0.159 e. The summed E-state index contributed by atoms with van der Waals surface area (Å²) in [5.41, 5.74) is 36.6. The van der Waals surface area contributed by atoms with Crippen LogP contribution in [0.25, 0.3) is 110 Å². The van der Waals surface area contributed by atoms with Gasteiger partial charge in [0, 0.05) is 110 Å². The van der Waals surface area contributed by atoms with Crippen molar-refractivity contribution >= 4 is 184 Å². The molecule has 0 saturated heterocycles. The van der Waals surface area contributed by atoms with E-state index in [1.807, 2.05) is 54.6 Å². The predicted octanol–water partition coefficient (Wildman–Crippen LogP) is 31.6. The highest BCUT2D eigenvalue weighted by atomic mass is 16.3. The van der Waals surface area contributed by atoms with E-state index in [9.17, 15) is 0 Å². The van der Waals surface area contributed by atoms with Gasteiger partial charge in [0.25, 0.3) is 0 Å². The van der Waals surface area contributed by atoms with Crippen LogP contribution in [-0.2, 0) is 0 Å². The van der Waals surface area contributed by atoms with E-state index in [2.05, 4.69) is 435 Å². The summed E-state index contributed by atoms with van der Waals surface area (Å²) in [5, 5.41) is 11.7. The second-order valence-corrected chi connectivity index (χ2v) is 36.8. The largest absolute Gasteiger partial charge is 0.454 e. The molecular weight excluding hydrogens is 1640 g/mol. The molecule has 15 nitrogen and oxygen atoms in total. The number of aryl methyl sites for hydroxylation is 9. The molecule has 0 aliphatic carbocycles. The molecule has 0 bridgehead atoms. The van der Waals surface area contributed by atoms with Gasteiger partial charge in [-0.15, -0.1) is 0 Å². The second-order valence-electron chi connectivity index (χ2n) is 36.8. The number of hydrogen-bond acceptors (Lipinski definition) is 15. The normalized spacial score (nSPS) is 16.7. The molecule has 0 saturated carbocycles. The minimum absolute atomic E-state index is 0.164. The van der Waals surface area contributed by atoms with Gasteiger partial charge >= 0.3 is 0 Å². The molecule has 5 aliphatic heterocycles. The van der Waals surface area contributed by atoms with Crippen LogP contribution in [0.2, 0.25) is 0 Å². The van der Waals surface area contributed by atoms with Crippen LogP contribution in [0.4, 0.5) is 73.9 Å². The van der Waals surface area contributed by atoms with E-state index in [1.54, 1.807) is 0 Å². The first-order chi connectivity index (χ1) is 64.5. The molecule has 5 atom stereocenters. The molecule has 664 valence electrons. The molecule has 25 rings (SSSR count). The number of anilines is 13. The molecular formula is C118H112N10O5. The summed E-state index contributed by atoms with van der Waals surface area (Å²) in [4.78, 5) is 23.7. The summed E-state index contributed by atoms with van der Waals surface area (Å²) in [7, 11) is 4.30. The summed E-state index contributed by atoms with van der Waals surface area (Å²) < 4.78 is 31.6. The molecule has 133 heavy (non-hydrogen) atoms. The maximum absolute atomic E-state index is 6.38. The molecule has 10 heterocycles. The Labute approximate surface area is 777 Å². The van der Waals surface area contributed by atoms with Gasteiger partial charge in [0.2, 0.25) is 0 Å². The van der Waals surface area contributed by atoms with E-state index < -0.39 is 0 Å². The van der Waals surface area contributed by atoms with Crippen LogP contribution in [0.3, 0.4) is 0 Å². The zero-order chi connectivity index (χ0) is 91.8. The van der Waals surface area contributed by atoms with Crippen LogP contribution >= 0.6 is 0 Å². The van der Waals surface area contributed by atoms with Crippen LogP contribution in [0.5, 0.6) is 0 Å². The first-order valence-electron chi connectivity index (χ1n) is 46.6. The Bertz CT molecular complexity index is 7800. The van der Waals surface area contributed by atoms with Crippen molar-refractivity contribution in [3.63, 3.8) is 0 Å². The number of rotatable bonds is 8. The van der Waals surface area contributed by atoms with Crippen LogP contribution in [0, 0.1) is 62.3 Å². The molecule has 15 heteroatoms. The topological polar surface area (TPSA) is 98.1 Å². The maximum atomic E-state index is 6.38. The third-order valence-corrected chi connectivity index (χ3v) is 28.1. The van der Waals surface area contributed by atoms with Crippen molar-refractivity contribution in [2.45, 2.75) is 148 Å². The van der Waals surface area contributed by atoms with E-state index in [0.717, 1.165) is 78.6 Å². The zero-order valence-electron chi connectivity index (χ0n) is 79.0. The van der Waals surface area contributed by atoms with Gasteiger partial charge in [-0.25, -0.2) is 0 Å². The van der Waals surface area contributed by atoms with Crippen molar-refractivity contribution in [2.24, 2.45) is 0 Å². The number of benzene rings is 15. The Kier molecular flexibility index (Phi) is 21.4. The van der Waals surface area contributed by atoms with Crippen LogP contribution in [-0.4, -0.2) is 51.0 Å². The molecule has 0 unspecified atom stereocenters. The van der Waals surface area contributed by atoms with Crippen molar-refractivity contribution in [1.29, 1.82) is 0 Å². The Morgan fingerprint density at radius 3 is 0.820 bits per heavy atom. The van der Waals surface area contributed by atoms with Gasteiger partial charge in [-0.05, 0) is 240 Å². The molecule has 0 spiro atoms. The molecule has 0 radical (unpaired) electrons. The predicted molar refractivity (Wildman–Crippen MR) is 560 cm³/mol. The minimum atomic E-state index is 0.164. The number of nitrogens with zero attached hydrogens (tertiary/aromatic N) is 10. The van der Waals surface area contributed by atoms with Gasteiger partial charge in [0.05, 0.1) is 62.6 Å². The van der Waals surface area contributed by atoms with Crippen LogP contribution in [0.15, 0.2) is 338 Å². The fourth-order valence-electron chi connectivity index (χ4n) is 21.5. The summed E-state index contributed by atoms with van der Waals surface area (Å²) in [5.74, 6) is 0. The van der Waals surface area contributed by atoms with Crippen molar-refractivity contribution in [3.05, 3.63) is 366 Å². The van der Waals surface area contributed by atoms with Gasteiger partial charge in [-0.2, -0.15) is 0 Å². The molecule has 0 amide bonds. The first-order valence-corrected chi connectivity index (χ1v) is 46.6. The van der Waals surface area contributed by atoms with E-state index in [1.165, 1.54) is 155 Å². The van der Waals surface area contributed by atoms with Crippen LogP contribution < -0.4 is 49.0 Å². The van der Waals surface area contributed by atoms with Gasteiger partial charge in [0.15, 0.2) is 27.9 Å². The fraction of sp³-hybridized carbons (Fsp3) is 0.203. The molecule has 15 aromatic carbocycles. The van der Waals surface area contributed by atoms with Gasteiger partial charge < -0.3 is 71.1 Å². The van der Waals surface area contributed by atoms with E-state index >= 15 is 0 Å². The SMILES string of the molecule is Cc1cc(C)cc(N2C=CN(c3c(C)ccc4c3oc3ccccc34)[C@@H]2C)c1.Cc1ccc2c(oc3ccccc32)c1N1c2ccccc2N(C(C)C)[C@H]1C.Cc1ccc2c(oc3ccccc32)c1N1c2ccccc2N(C)[C@H]1C.Cc1ccc2c(oc3ccccc32)c1N1c2ccccc2N(C)[C@H]1C.Cc1cccc(C)c1N1C=CN(c2c(C)ccc3c2oc2ccccc23)[C@@H]1C.